The van der Waals surface area contributed by atoms with Gasteiger partial charge in [-0.05, 0) is 104 Å². The number of aryl methyl sites for hydroxylation is 2. The Kier molecular flexibility index (Phi) is 50.8. The van der Waals surface area contributed by atoms with Gasteiger partial charge in [0.05, 0.1) is 147 Å². The number of carbonyl (C=O) groups is 9. The van der Waals surface area contributed by atoms with Gasteiger partial charge >= 0.3 is 23.9 Å². The van der Waals surface area contributed by atoms with E-state index < -0.39 is 63.4 Å². The number of fused-ring (bicyclic) bond motifs is 1. The highest BCUT2D eigenvalue weighted by molar-refractivity contribution is 7.45. The summed E-state index contributed by atoms with van der Waals surface area (Å²) >= 11 is 0. The first-order valence-electron chi connectivity index (χ1n) is 35.4. The first-order chi connectivity index (χ1) is 48.0. The monoisotopic (exact) mass is 1520 g/mol. The number of carboxylic acid groups (broad SMARTS) is 4. The third-order valence-corrected chi connectivity index (χ3v) is 14.6. The lowest BCUT2D eigenvalue weighted by Crippen LogP contribution is -2.49. The fourth-order valence-electron chi connectivity index (χ4n) is 8.48. The Hall–Kier alpha value is -6.32. The van der Waals surface area contributed by atoms with E-state index in [1.54, 1.807) is 32.8 Å². The van der Waals surface area contributed by atoms with E-state index in [0.29, 0.717) is 63.7 Å². The predicted octanol–water partition coefficient (Wildman–Crippen LogP) is 4.73. The SMILES string of the molecule is CC(C)(C)C(=O)NCC[N+](C)(C)C.CC(C)(C)NC(=O)CCOP(=O)([O-])OCC[N+](C)(C)C.CC(C)(C)NC(=O)CN(CCN(CC(=O)O)CC(=O)O)CCN(CC(=O)O)CC(=O)O.COCCOCCOCCOCCC(=O)NC(C)(C)C.Cc1cccc2c(CCCNC(=O)C(C)(C)C)cccc12. The molecule has 0 saturated carbocycles. The third-order valence-electron chi connectivity index (χ3n) is 13.6. The Morgan fingerprint density at radius 2 is 0.819 bits per heavy atom. The van der Waals surface area contributed by atoms with Crippen molar-refractivity contribution in [2.45, 2.75) is 153 Å². The molecular weight excluding hydrogens is 1380 g/mol. The average Bonchev–Trinajstić information content (AvgIpc) is 0.814. The van der Waals surface area contributed by atoms with Gasteiger partial charge in [0.15, 0.2) is 0 Å². The number of rotatable bonds is 43. The lowest BCUT2D eigenvalue weighted by atomic mass is 9.95. The number of likely N-dealkylation sites (N-methyl/N-ethyl adjacent to an activating group) is 2. The van der Waals surface area contributed by atoms with E-state index in [-0.39, 0.29) is 104 Å². The Morgan fingerprint density at radius 3 is 1.22 bits per heavy atom. The van der Waals surface area contributed by atoms with Crippen molar-refractivity contribution in [2.24, 2.45) is 10.8 Å². The van der Waals surface area contributed by atoms with Crippen LogP contribution in [0.3, 0.4) is 0 Å². The van der Waals surface area contributed by atoms with Crippen LogP contribution in [0.1, 0.15) is 134 Å². The molecule has 0 aliphatic rings. The van der Waals surface area contributed by atoms with Crippen LogP contribution >= 0.6 is 7.82 Å². The molecule has 2 aromatic carbocycles. The number of phosphoric acid groups is 1. The van der Waals surface area contributed by atoms with Crippen molar-refractivity contribution in [3.05, 3.63) is 47.5 Å². The van der Waals surface area contributed by atoms with Crippen molar-refractivity contribution >= 4 is 72.0 Å². The molecule has 0 aliphatic heterocycles. The zero-order valence-corrected chi connectivity index (χ0v) is 68.7. The molecule has 0 radical (unpaired) electrons. The van der Waals surface area contributed by atoms with Crippen LogP contribution in [-0.4, -0.2) is 308 Å². The minimum atomic E-state index is -4.33. The van der Waals surface area contributed by atoms with Gasteiger partial charge in [-0.3, -0.25) is 62.4 Å². The van der Waals surface area contributed by atoms with Crippen molar-refractivity contribution in [1.29, 1.82) is 0 Å². The second-order valence-electron chi connectivity index (χ2n) is 32.3. The standard InChI is InChI=1S/C19H25NO.C18H32N4O9.C14H29NO5.C12H27N2O5P.C10H22N2O/c1-14-8-5-12-17-15(9-6-11-16(14)17)10-7-13-20-18(21)19(2,3)4;1-18(2,3)19-13(23)8-20(4-6-21(9-14(24)25)10-15(26)27)5-7-22(11-16(28)29)12-17(30)31;1-14(2,3)15-13(16)5-6-18-9-10-20-12-11-19-8-7-17-4;1-12(2,3)13-11(15)7-9-18-20(16,17)19-10-8-14(4,5)6;1-10(2,3)9(13)11-7-8-12(4,5)6/h5-6,8-9,11-12H,7,10,13H2,1-4H3,(H,20,21);4-12H2,1-3H3,(H,19,23)(H,24,25)(H,26,27)(H,28,29)(H,30,31);5-12H2,1-4H3,(H,15,16);7-10H2,1-6H3,(H-,13,15,16,17);7-8H2,1-6H3/p+1. The molecule has 2 rings (SSSR count). The van der Waals surface area contributed by atoms with E-state index in [1.165, 1.54) is 31.7 Å². The van der Waals surface area contributed by atoms with Gasteiger partial charge in [0.2, 0.25) is 29.5 Å². The molecule has 0 saturated heterocycles. The number of methoxy groups -OCH3 is 1. The van der Waals surface area contributed by atoms with Gasteiger partial charge in [-0.25, -0.2) is 0 Å². The topological polar surface area (TPSA) is 400 Å². The molecule has 0 spiro atoms. The number of quaternary nitrogens is 2. The van der Waals surface area contributed by atoms with Crippen molar-refractivity contribution in [3.8, 4) is 0 Å². The summed E-state index contributed by atoms with van der Waals surface area (Å²) in [5, 5.41) is 52.8. The van der Waals surface area contributed by atoms with Gasteiger partial charge in [0.1, 0.15) is 13.2 Å². The highest BCUT2D eigenvalue weighted by Crippen LogP contribution is 2.38. The Bertz CT molecular complexity index is 2850. The molecule has 9 N–H and O–H groups in total. The second-order valence-corrected chi connectivity index (χ2v) is 33.8. The number of nitrogens with zero attached hydrogens (tertiary/aromatic N) is 5. The van der Waals surface area contributed by atoms with Gasteiger partial charge in [-0.15, -0.1) is 0 Å². The van der Waals surface area contributed by atoms with Crippen LogP contribution in [0.4, 0.5) is 0 Å². The molecule has 608 valence electrons. The maximum atomic E-state index is 12.3. The summed E-state index contributed by atoms with van der Waals surface area (Å²) in [4.78, 5) is 118. The maximum absolute atomic E-state index is 12.3. The second kappa shape index (κ2) is 51.9. The minimum absolute atomic E-state index is 0.00459. The number of ether oxygens (including phenoxy) is 4. The number of phosphoric ester groups is 1. The molecule has 32 heteroatoms. The highest BCUT2D eigenvalue weighted by atomic mass is 31.2. The average molecular weight is 1520 g/mol. The number of amides is 5. The van der Waals surface area contributed by atoms with Crippen LogP contribution in [0.15, 0.2) is 36.4 Å². The molecular formula is C73H136N10O21P+. The Morgan fingerprint density at radius 1 is 0.457 bits per heavy atom. The summed E-state index contributed by atoms with van der Waals surface area (Å²) in [5.41, 5.74) is 1.06. The fourth-order valence-corrected chi connectivity index (χ4v) is 9.17. The van der Waals surface area contributed by atoms with Crippen molar-refractivity contribution in [3.63, 3.8) is 0 Å². The van der Waals surface area contributed by atoms with Crippen molar-refractivity contribution in [2.75, 3.05) is 194 Å². The largest absolute Gasteiger partial charge is 0.756 e. The zero-order valence-electron chi connectivity index (χ0n) is 67.8. The van der Waals surface area contributed by atoms with E-state index in [0.717, 1.165) is 37.0 Å². The van der Waals surface area contributed by atoms with Crippen LogP contribution in [0.5, 0.6) is 0 Å². The van der Waals surface area contributed by atoms with Gasteiger partial charge < -0.3 is 88.9 Å². The summed E-state index contributed by atoms with van der Waals surface area (Å²) in [5.74, 6) is -5.15. The molecule has 0 aromatic heterocycles. The molecule has 0 aliphatic carbocycles. The van der Waals surface area contributed by atoms with E-state index in [1.807, 2.05) is 104 Å². The van der Waals surface area contributed by atoms with E-state index >= 15 is 0 Å². The number of hydrogen-bond acceptors (Lipinski definition) is 20. The third kappa shape index (κ3) is 65.7. The first-order valence-corrected chi connectivity index (χ1v) is 36.9. The summed E-state index contributed by atoms with van der Waals surface area (Å²) in [7, 11) is 9.44. The van der Waals surface area contributed by atoms with Gasteiger partial charge in [0, 0.05) is 73.7 Å². The van der Waals surface area contributed by atoms with E-state index in [4.69, 9.17) is 43.9 Å². The highest BCUT2D eigenvalue weighted by Gasteiger charge is 2.25. The van der Waals surface area contributed by atoms with Crippen LogP contribution in [0, 0.1) is 17.8 Å². The Balaban J connectivity index is -0.00000127. The summed E-state index contributed by atoms with van der Waals surface area (Å²) < 4.78 is 43.0. The lowest BCUT2D eigenvalue weighted by Gasteiger charge is -2.29. The number of nitrogens with one attached hydrogen (secondary N) is 5. The molecule has 105 heavy (non-hydrogen) atoms. The molecule has 0 fully saturated rings. The van der Waals surface area contributed by atoms with Crippen molar-refractivity contribution in [1.82, 2.24) is 41.3 Å². The van der Waals surface area contributed by atoms with Crippen molar-refractivity contribution < 1.29 is 110 Å². The van der Waals surface area contributed by atoms with Gasteiger partial charge in [-0.1, -0.05) is 77.9 Å². The molecule has 1 unspecified atom stereocenters. The van der Waals surface area contributed by atoms with E-state index in [9.17, 15) is 52.6 Å². The molecule has 1 atom stereocenters. The fraction of sp³-hybridized carbons (Fsp3) is 0.740. The van der Waals surface area contributed by atoms with Crippen LogP contribution in [0.2, 0.25) is 0 Å². The van der Waals surface area contributed by atoms with Crippen LogP contribution in [0.25, 0.3) is 10.8 Å². The number of carbonyl (C=O) groups excluding carboxylic acids is 5. The maximum Gasteiger partial charge on any atom is 0.317 e. The molecule has 0 heterocycles. The summed E-state index contributed by atoms with van der Waals surface area (Å²) in [6, 6.07) is 12.9. The number of carboxylic acids is 4. The Labute approximate surface area is 626 Å². The molecule has 0 bridgehead atoms. The normalized spacial score (nSPS) is 12.6. The smallest absolute Gasteiger partial charge is 0.317 e. The zero-order chi connectivity index (χ0) is 81.6. The number of benzene rings is 2. The minimum Gasteiger partial charge on any atom is -0.756 e. The van der Waals surface area contributed by atoms with Gasteiger partial charge in [-0.2, -0.15) is 0 Å². The van der Waals surface area contributed by atoms with Gasteiger partial charge in [0.25, 0.3) is 7.82 Å². The quantitative estimate of drug-likeness (QED) is 0.0246. The summed E-state index contributed by atoms with van der Waals surface area (Å²) in [6.07, 6.45) is 2.31. The van der Waals surface area contributed by atoms with Crippen LogP contribution < -0.4 is 31.5 Å². The summed E-state index contributed by atoms with van der Waals surface area (Å²) in [6.45, 7) is 35.2. The number of aliphatic carboxylic acids is 4. The van der Waals surface area contributed by atoms with Crippen LogP contribution in [-0.2, 0) is 82.1 Å². The van der Waals surface area contributed by atoms with E-state index in [2.05, 4.69) is 95.6 Å². The predicted molar refractivity (Wildman–Crippen MR) is 404 cm³/mol. The molecule has 5 amide bonds. The number of hydrogen-bond donors (Lipinski definition) is 9. The lowest BCUT2D eigenvalue weighted by molar-refractivity contribution is -0.870. The first kappa shape index (κ1) is 103. The molecule has 2 aromatic rings. The molecule has 31 nitrogen and oxygen atoms in total.